The summed E-state index contributed by atoms with van der Waals surface area (Å²) in [5, 5.41) is 6.10. The quantitative estimate of drug-likeness (QED) is 0.452. The second kappa shape index (κ2) is 9.05. The van der Waals surface area contributed by atoms with E-state index in [0.717, 1.165) is 9.44 Å². The second-order valence-corrected chi connectivity index (χ2v) is 9.05. The number of hydrogen-bond acceptors (Lipinski definition) is 5. The third-order valence-electron chi connectivity index (χ3n) is 4.77. The molecule has 2 aromatic carbocycles. The van der Waals surface area contributed by atoms with Crippen LogP contribution in [0.25, 0.3) is 15.9 Å². The van der Waals surface area contributed by atoms with Gasteiger partial charge in [0.25, 0.3) is 5.56 Å². The largest absolute Gasteiger partial charge is 0.337 e. The summed E-state index contributed by atoms with van der Waals surface area (Å²) >= 11 is 7.34. The maximum atomic E-state index is 13.4. The van der Waals surface area contributed by atoms with Gasteiger partial charge in [0.05, 0.1) is 11.1 Å². The highest BCUT2D eigenvalue weighted by Crippen LogP contribution is 2.22. The van der Waals surface area contributed by atoms with Crippen LogP contribution < -0.4 is 21.9 Å². The normalized spacial score (nSPS) is 10.9. The summed E-state index contributed by atoms with van der Waals surface area (Å²) < 4.78 is 2.30. The van der Waals surface area contributed by atoms with Crippen molar-refractivity contribution in [1.29, 1.82) is 0 Å². The fourth-order valence-corrected chi connectivity index (χ4v) is 4.65. The number of halogens is 1. The van der Waals surface area contributed by atoms with Crippen molar-refractivity contribution in [1.82, 2.24) is 9.13 Å². The zero-order valence-corrected chi connectivity index (χ0v) is 19.3. The number of hydrogen-bond donors (Lipinski definition) is 2. The Morgan fingerprint density at radius 3 is 2.39 bits per heavy atom. The molecule has 4 aromatic rings. The Balaban J connectivity index is 1.75. The van der Waals surface area contributed by atoms with E-state index in [2.05, 4.69) is 10.6 Å². The van der Waals surface area contributed by atoms with Gasteiger partial charge in [0.15, 0.2) is 0 Å². The third-order valence-corrected chi connectivity index (χ3v) is 6.08. The van der Waals surface area contributed by atoms with E-state index in [0.29, 0.717) is 32.3 Å². The predicted molar refractivity (Wildman–Crippen MR) is 131 cm³/mol. The van der Waals surface area contributed by atoms with Gasteiger partial charge in [-0.1, -0.05) is 23.7 Å². The number of nitrogens with one attached hydrogen (secondary N) is 2. The standard InChI is InChI=1S/C23H19ClN4O4S/c1-13-9-19-21(31)28(18-8-3-5-15(24)10-18)23(32)27(22(19)33-13)12-20(30)26-17-7-4-6-16(11-17)25-14(2)29/h3-11H,12H2,1-2H3,(H,25,29)(H,26,30). The van der Waals surface area contributed by atoms with Crippen molar-refractivity contribution < 1.29 is 9.59 Å². The average Bonchev–Trinajstić information content (AvgIpc) is 3.13. The van der Waals surface area contributed by atoms with Crippen LogP contribution >= 0.6 is 22.9 Å². The maximum absolute atomic E-state index is 13.4. The van der Waals surface area contributed by atoms with Gasteiger partial charge >= 0.3 is 5.69 Å². The van der Waals surface area contributed by atoms with Crippen molar-refractivity contribution >= 4 is 56.3 Å². The molecule has 0 spiro atoms. The molecule has 0 saturated carbocycles. The van der Waals surface area contributed by atoms with Crippen LogP contribution in [0.2, 0.25) is 5.02 Å². The molecule has 0 bridgehead atoms. The summed E-state index contributed by atoms with van der Waals surface area (Å²) in [4.78, 5) is 51.8. The molecule has 2 aromatic heterocycles. The van der Waals surface area contributed by atoms with Gasteiger partial charge < -0.3 is 10.6 Å². The smallest absolute Gasteiger partial charge is 0.326 e. The summed E-state index contributed by atoms with van der Waals surface area (Å²) in [5.41, 5.74) is 0.199. The fraction of sp³-hybridized carbons (Fsp3) is 0.130. The molecule has 0 saturated heterocycles. The van der Waals surface area contributed by atoms with E-state index in [1.165, 1.54) is 28.9 Å². The molecule has 168 valence electrons. The van der Waals surface area contributed by atoms with Crippen LogP contribution in [0, 0.1) is 6.92 Å². The van der Waals surface area contributed by atoms with Gasteiger partial charge in [-0.25, -0.2) is 9.36 Å². The molecule has 0 unspecified atom stereocenters. The number of carbonyl (C=O) groups excluding carboxylic acids is 2. The van der Waals surface area contributed by atoms with Gasteiger partial charge in [-0.3, -0.25) is 19.0 Å². The second-order valence-electron chi connectivity index (χ2n) is 7.38. The van der Waals surface area contributed by atoms with Gasteiger partial charge in [0.1, 0.15) is 11.4 Å². The van der Waals surface area contributed by atoms with Crippen molar-refractivity contribution in [2.45, 2.75) is 20.4 Å². The number of fused-ring (bicyclic) bond motifs is 1. The van der Waals surface area contributed by atoms with E-state index in [4.69, 9.17) is 11.6 Å². The minimum absolute atomic E-state index is 0.233. The first-order valence-electron chi connectivity index (χ1n) is 9.92. The van der Waals surface area contributed by atoms with Crippen LogP contribution in [-0.2, 0) is 16.1 Å². The molecule has 8 nitrogen and oxygen atoms in total. The molecule has 0 aliphatic carbocycles. The van der Waals surface area contributed by atoms with Crippen molar-refractivity contribution in [3.05, 3.63) is 85.3 Å². The zero-order valence-electron chi connectivity index (χ0n) is 17.7. The highest BCUT2D eigenvalue weighted by atomic mass is 35.5. The summed E-state index contributed by atoms with van der Waals surface area (Å²) in [5.74, 6) is -0.690. The number of nitrogens with zero attached hydrogens (tertiary/aromatic N) is 2. The molecule has 0 aliphatic heterocycles. The van der Waals surface area contributed by atoms with Crippen LogP contribution in [0.4, 0.5) is 11.4 Å². The Kier molecular flexibility index (Phi) is 6.17. The lowest BCUT2D eigenvalue weighted by atomic mass is 10.2. The summed E-state index contributed by atoms with van der Waals surface area (Å²) in [7, 11) is 0. The van der Waals surface area contributed by atoms with Crippen molar-refractivity contribution in [2.24, 2.45) is 0 Å². The van der Waals surface area contributed by atoms with E-state index in [1.807, 2.05) is 6.92 Å². The highest BCUT2D eigenvalue weighted by Gasteiger charge is 2.19. The molecule has 33 heavy (non-hydrogen) atoms. The minimum Gasteiger partial charge on any atom is -0.326 e. The first kappa shape index (κ1) is 22.5. The fourth-order valence-electron chi connectivity index (χ4n) is 3.47. The number of carbonyl (C=O) groups is 2. The maximum Gasteiger partial charge on any atom is 0.337 e. The summed E-state index contributed by atoms with van der Waals surface area (Å²) in [6.45, 7) is 2.91. The average molecular weight is 483 g/mol. The zero-order chi connectivity index (χ0) is 23.7. The molecule has 0 radical (unpaired) electrons. The lowest BCUT2D eigenvalue weighted by Gasteiger charge is -2.13. The Hall–Kier alpha value is -3.69. The molecule has 2 heterocycles. The summed E-state index contributed by atoms with van der Waals surface area (Å²) in [6, 6.07) is 14.8. The molecule has 2 N–H and O–H groups in total. The first-order valence-corrected chi connectivity index (χ1v) is 11.1. The number of anilines is 2. The van der Waals surface area contributed by atoms with Gasteiger partial charge in [-0.05, 0) is 49.4 Å². The molecule has 0 fully saturated rings. The topological polar surface area (TPSA) is 102 Å². The van der Waals surface area contributed by atoms with E-state index in [-0.39, 0.29) is 12.5 Å². The number of rotatable bonds is 5. The monoisotopic (exact) mass is 482 g/mol. The number of aromatic nitrogens is 2. The molecular formula is C23H19ClN4O4S. The van der Waals surface area contributed by atoms with Crippen molar-refractivity contribution in [3.63, 3.8) is 0 Å². The predicted octanol–water partition coefficient (Wildman–Crippen LogP) is 3.77. The van der Waals surface area contributed by atoms with Gasteiger partial charge in [0.2, 0.25) is 11.8 Å². The molecule has 4 rings (SSSR count). The van der Waals surface area contributed by atoms with Crippen LogP contribution in [0.5, 0.6) is 0 Å². The van der Waals surface area contributed by atoms with Crippen molar-refractivity contribution in [2.75, 3.05) is 10.6 Å². The van der Waals surface area contributed by atoms with Crippen LogP contribution in [-0.4, -0.2) is 20.9 Å². The number of benzene rings is 2. The Labute approximate surface area is 197 Å². The Morgan fingerprint density at radius 2 is 1.70 bits per heavy atom. The number of thiophene rings is 1. The molecule has 10 heteroatoms. The van der Waals surface area contributed by atoms with Crippen LogP contribution in [0.1, 0.15) is 11.8 Å². The molecule has 0 aliphatic rings. The van der Waals surface area contributed by atoms with Crippen molar-refractivity contribution in [3.8, 4) is 5.69 Å². The lowest BCUT2D eigenvalue weighted by Crippen LogP contribution is -2.40. The van der Waals surface area contributed by atoms with Gasteiger partial charge in [-0.2, -0.15) is 0 Å². The minimum atomic E-state index is -0.640. The van der Waals surface area contributed by atoms with E-state index in [9.17, 15) is 19.2 Å². The van der Waals surface area contributed by atoms with E-state index < -0.39 is 17.2 Å². The number of aryl methyl sites for hydroxylation is 1. The molecule has 2 amide bonds. The first-order chi connectivity index (χ1) is 15.7. The Bertz CT molecular complexity index is 1520. The van der Waals surface area contributed by atoms with Gasteiger partial charge in [0, 0.05) is 28.2 Å². The Morgan fingerprint density at radius 1 is 1.00 bits per heavy atom. The van der Waals surface area contributed by atoms with E-state index in [1.54, 1.807) is 48.5 Å². The molecule has 0 atom stereocenters. The summed E-state index contributed by atoms with van der Waals surface area (Å²) in [6.07, 6.45) is 0. The van der Waals surface area contributed by atoms with Gasteiger partial charge in [-0.15, -0.1) is 11.3 Å². The van der Waals surface area contributed by atoms with Crippen LogP contribution in [0.3, 0.4) is 0 Å². The molecular weight excluding hydrogens is 464 g/mol. The highest BCUT2D eigenvalue weighted by molar-refractivity contribution is 7.18. The van der Waals surface area contributed by atoms with Crippen LogP contribution in [0.15, 0.2) is 64.2 Å². The SMILES string of the molecule is CC(=O)Nc1cccc(NC(=O)Cn2c(=O)n(-c3cccc(Cl)c3)c(=O)c3cc(C)sc32)c1. The lowest BCUT2D eigenvalue weighted by molar-refractivity contribution is -0.117. The number of amides is 2. The van der Waals surface area contributed by atoms with E-state index >= 15 is 0 Å². The third kappa shape index (κ3) is 4.74.